The van der Waals surface area contributed by atoms with Gasteiger partial charge in [-0.1, -0.05) is 6.07 Å². The third-order valence-corrected chi connectivity index (χ3v) is 2.99. The Labute approximate surface area is 141 Å². The lowest BCUT2D eigenvalue weighted by molar-refractivity contribution is -0.117. The third kappa shape index (κ3) is 6.50. The Balaban J connectivity index is 2.61. The summed E-state index contributed by atoms with van der Waals surface area (Å²) in [6, 6.07) is 8.39. The van der Waals surface area contributed by atoms with E-state index >= 15 is 0 Å². The molecule has 0 atom stereocenters. The molecule has 0 unspecified atom stereocenters. The van der Waals surface area contributed by atoms with Crippen LogP contribution >= 0.6 is 0 Å². The van der Waals surface area contributed by atoms with Crippen LogP contribution in [-0.2, 0) is 14.3 Å². The van der Waals surface area contributed by atoms with E-state index in [1.54, 1.807) is 24.3 Å². The van der Waals surface area contributed by atoms with Crippen molar-refractivity contribution in [3.8, 4) is 6.07 Å². The van der Waals surface area contributed by atoms with Crippen molar-refractivity contribution in [2.24, 2.45) is 0 Å². The van der Waals surface area contributed by atoms with Gasteiger partial charge in [0.25, 0.3) is 5.91 Å². The minimum atomic E-state index is -0.467. The van der Waals surface area contributed by atoms with Crippen LogP contribution in [0.4, 0.5) is 5.69 Å². The molecular formula is C17H21N3O4. The van der Waals surface area contributed by atoms with E-state index in [-0.39, 0.29) is 5.57 Å². The molecule has 2 N–H and O–H groups in total. The summed E-state index contributed by atoms with van der Waals surface area (Å²) in [7, 11) is 1.30. The fourth-order valence-corrected chi connectivity index (χ4v) is 1.77. The normalized spacial score (nSPS) is 10.6. The lowest BCUT2D eigenvalue weighted by Gasteiger charge is -2.06. The monoisotopic (exact) mass is 331 g/mol. The first-order chi connectivity index (χ1) is 11.6. The number of rotatable bonds is 9. The number of nitriles is 1. The highest BCUT2D eigenvalue weighted by Crippen LogP contribution is 2.12. The molecule has 0 heterocycles. The lowest BCUT2D eigenvalue weighted by atomic mass is 10.2. The van der Waals surface area contributed by atoms with Gasteiger partial charge in [0.2, 0.25) is 0 Å². The summed E-state index contributed by atoms with van der Waals surface area (Å²) in [5, 5.41) is 14.6. The quantitative estimate of drug-likeness (QED) is 0.310. The van der Waals surface area contributed by atoms with E-state index < -0.39 is 11.9 Å². The number of anilines is 1. The molecule has 1 aromatic carbocycles. The van der Waals surface area contributed by atoms with Gasteiger partial charge in [-0.15, -0.1) is 0 Å². The minimum Gasteiger partial charge on any atom is -0.465 e. The highest BCUT2D eigenvalue weighted by molar-refractivity contribution is 5.97. The first-order valence-electron chi connectivity index (χ1n) is 7.53. The van der Waals surface area contributed by atoms with Gasteiger partial charge in [0.15, 0.2) is 0 Å². The lowest BCUT2D eigenvalue weighted by Crippen LogP contribution is -2.26. The van der Waals surface area contributed by atoms with E-state index in [4.69, 9.17) is 10.00 Å². The van der Waals surface area contributed by atoms with Crippen molar-refractivity contribution in [2.75, 3.05) is 32.2 Å². The van der Waals surface area contributed by atoms with Crippen molar-refractivity contribution in [1.82, 2.24) is 5.32 Å². The maximum Gasteiger partial charge on any atom is 0.337 e. The van der Waals surface area contributed by atoms with Crippen LogP contribution < -0.4 is 10.6 Å². The molecule has 0 aliphatic rings. The van der Waals surface area contributed by atoms with E-state index in [0.717, 1.165) is 0 Å². The average molecular weight is 331 g/mol. The Morgan fingerprint density at radius 3 is 2.83 bits per heavy atom. The van der Waals surface area contributed by atoms with Gasteiger partial charge < -0.3 is 20.1 Å². The molecule has 0 fully saturated rings. The van der Waals surface area contributed by atoms with Gasteiger partial charge in [-0.05, 0) is 31.5 Å². The van der Waals surface area contributed by atoms with Gasteiger partial charge in [0.1, 0.15) is 11.6 Å². The number of hydrogen-bond acceptors (Lipinski definition) is 6. The van der Waals surface area contributed by atoms with E-state index in [9.17, 15) is 9.59 Å². The molecule has 0 aromatic heterocycles. The summed E-state index contributed by atoms with van der Waals surface area (Å²) in [6.45, 7) is 3.51. The van der Waals surface area contributed by atoms with Crippen LogP contribution in [0.1, 0.15) is 23.7 Å². The first kappa shape index (κ1) is 19.2. The Bertz CT molecular complexity index is 635. The number of carbonyl (C=O) groups is 2. The highest BCUT2D eigenvalue weighted by atomic mass is 16.5. The second kappa shape index (κ2) is 10.8. The molecule has 0 aliphatic carbocycles. The van der Waals surface area contributed by atoms with Crippen molar-refractivity contribution in [3.63, 3.8) is 0 Å². The van der Waals surface area contributed by atoms with Crippen molar-refractivity contribution in [3.05, 3.63) is 41.6 Å². The number of ether oxygens (including phenoxy) is 2. The Kier molecular flexibility index (Phi) is 8.64. The Hall–Kier alpha value is -2.85. The number of nitrogens with zero attached hydrogens (tertiary/aromatic N) is 1. The zero-order chi connectivity index (χ0) is 17.8. The van der Waals surface area contributed by atoms with Crippen LogP contribution in [0.15, 0.2) is 36.0 Å². The van der Waals surface area contributed by atoms with Gasteiger partial charge in [0.05, 0.1) is 12.7 Å². The summed E-state index contributed by atoms with van der Waals surface area (Å²) >= 11 is 0. The number of hydrogen-bond donors (Lipinski definition) is 2. The summed E-state index contributed by atoms with van der Waals surface area (Å²) in [5.41, 5.74) is 0.875. The summed E-state index contributed by atoms with van der Waals surface area (Å²) in [5.74, 6) is -0.930. The zero-order valence-corrected chi connectivity index (χ0v) is 13.8. The zero-order valence-electron chi connectivity index (χ0n) is 13.8. The van der Waals surface area contributed by atoms with Crippen LogP contribution in [0.2, 0.25) is 0 Å². The molecule has 0 aliphatic heterocycles. The molecular weight excluding hydrogens is 310 g/mol. The van der Waals surface area contributed by atoms with Gasteiger partial charge in [-0.25, -0.2) is 4.79 Å². The molecule has 0 saturated heterocycles. The second-order valence-corrected chi connectivity index (χ2v) is 4.69. The van der Waals surface area contributed by atoms with Crippen molar-refractivity contribution in [1.29, 1.82) is 5.26 Å². The maximum absolute atomic E-state index is 11.9. The summed E-state index contributed by atoms with van der Waals surface area (Å²) < 4.78 is 9.81. The molecule has 0 radical (unpaired) electrons. The Morgan fingerprint density at radius 1 is 1.38 bits per heavy atom. The van der Waals surface area contributed by atoms with Gasteiger partial charge in [-0.2, -0.15) is 5.26 Å². The molecule has 1 rings (SSSR count). The average Bonchev–Trinajstić information content (AvgIpc) is 2.61. The number of benzene rings is 1. The molecule has 1 aromatic rings. The predicted octanol–water partition coefficient (Wildman–Crippen LogP) is 1.84. The number of nitrogens with one attached hydrogen (secondary N) is 2. The van der Waals surface area contributed by atoms with Crippen LogP contribution in [-0.4, -0.2) is 38.7 Å². The molecule has 1 amide bonds. The standard InChI is InChI=1S/C17H21N3O4/c1-3-24-9-5-8-19-16(21)14(11-18)12-20-15-7-4-6-13(10-15)17(22)23-2/h4,6-7,10,12,20H,3,5,8-9H2,1-2H3,(H,19,21)/b14-12-. The topological polar surface area (TPSA) is 100 Å². The van der Waals surface area contributed by atoms with Gasteiger partial charge >= 0.3 is 5.97 Å². The van der Waals surface area contributed by atoms with E-state index in [2.05, 4.69) is 15.4 Å². The van der Waals surface area contributed by atoms with Crippen LogP contribution in [0.5, 0.6) is 0 Å². The molecule has 0 saturated carbocycles. The largest absolute Gasteiger partial charge is 0.465 e. The number of methoxy groups -OCH3 is 1. The Morgan fingerprint density at radius 2 is 2.17 bits per heavy atom. The van der Waals surface area contributed by atoms with Crippen LogP contribution in [0, 0.1) is 11.3 Å². The molecule has 128 valence electrons. The molecule has 24 heavy (non-hydrogen) atoms. The molecule has 0 bridgehead atoms. The fraction of sp³-hybridized carbons (Fsp3) is 0.353. The number of carbonyl (C=O) groups excluding carboxylic acids is 2. The predicted molar refractivity (Wildman–Crippen MR) is 89.2 cm³/mol. The van der Waals surface area contributed by atoms with Gasteiger partial charge in [0, 0.05) is 31.6 Å². The van der Waals surface area contributed by atoms with E-state index in [1.165, 1.54) is 13.3 Å². The highest BCUT2D eigenvalue weighted by Gasteiger charge is 2.09. The first-order valence-corrected chi connectivity index (χ1v) is 7.53. The van der Waals surface area contributed by atoms with Crippen LogP contribution in [0.25, 0.3) is 0 Å². The van der Waals surface area contributed by atoms with E-state index in [1.807, 2.05) is 13.0 Å². The SMILES string of the molecule is CCOCCCNC(=O)/C(C#N)=C\Nc1cccc(C(=O)OC)c1. The van der Waals surface area contributed by atoms with Crippen molar-refractivity contribution >= 4 is 17.6 Å². The number of esters is 1. The second-order valence-electron chi connectivity index (χ2n) is 4.69. The van der Waals surface area contributed by atoms with Gasteiger partial charge in [-0.3, -0.25) is 4.79 Å². The molecule has 7 nitrogen and oxygen atoms in total. The number of amides is 1. The molecule has 0 spiro atoms. The molecule has 7 heteroatoms. The van der Waals surface area contributed by atoms with E-state index in [0.29, 0.717) is 37.4 Å². The fourth-order valence-electron chi connectivity index (χ4n) is 1.77. The van der Waals surface area contributed by atoms with Crippen LogP contribution in [0.3, 0.4) is 0 Å². The van der Waals surface area contributed by atoms with Crippen molar-refractivity contribution < 1.29 is 19.1 Å². The summed E-state index contributed by atoms with van der Waals surface area (Å²) in [6.07, 6.45) is 1.97. The van der Waals surface area contributed by atoms with Crippen molar-refractivity contribution in [2.45, 2.75) is 13.3 Å². The maximum atomic E-state index is 11.9. The minimum absolute atomic E-state index is 0.0603. The third-order valence-electron chi connectivity index (χ3n) is 2.99. The summed E-state index contributed by atoms with van der Waals surface area (Å²) in [4.78, 5) is 23.4. The smallest absolute Gasteiger partial charge is 0.337 e.